The van der Waals surface area contributed by atoms with Gasteiger partial charge in [0.25, 0.3) is 0 Å². The molecule has 2 atom stereocenters. The summed E-state index contributed by atoms with van der Waals surface area (Å²) in [5.74, 6) is 1.63. The van der Waals surface area contributed by atoms with Gasteiger partial charge in [-0.1, -0.05) is 6.42 Å². The lowest BCUT2D eigenvalue weighted by molar-refractivity contribution is 0.501. The minimum atomic E-state index is 0.138. The lowest BCUT2D eigenvalue weighted by Gasteiger charge is -2.14. The third-order valence-electron chi connectivity index (χ3n) is 4.05. The first-order valence-electron chi connectivity index (χ1n) is 5.48. The van der Waals surface area contributed by atoms with Gasteiger partial charge in [0.05, 0.1) is 0 Å². The van der Waals surface area contributed by atoms with Gasteiger partial charge in [-0.15, -0.1) is 0 Å². The molecule has 3 rings (SSSR count). The van der Waals surface area contributed by atoms with E-state index in [0.29, 0.717) is 0 Å². The van der Waals surface area contributed by atoms with E-state index in [0.717, 1.165) is 18.3 Å². The van der Waals surface area contributed by atoms with E-state index in [4.69, 9.17) is 5.73 Å². The molecule has 0 amide bonds. The zero-order chi connectivity index (χ0) is 9.60. The molecule has 2 heteroatoms. The van der Waals surface area contributed by atoms with Gasteiger partial charge in [0, 0.05) is 17.9 Å². The highest BCUT2D eigenvalue weighted by atomic mass is 14.9. The Morgan fingerprint density at radius 2 is 1.93 bits per heavy atom. The van der Waals surface area contributed by atoms with E-state index in [1.807, 2.05) is 12.4 Å². The second-order valence-corrected chi connectivity index (χ2v) is 4.79. The number of hydrogen-bond donors (Lipinski definition) is 1. The third kappa shape index (κ3) is 1.10. The highest BCUT2D eigenvalue weighted by molar-refractivity contribution is 5.25. The Balaban J connectivity index is 1.75. The van der Waals surface area contributed by atoms with Gasteiger partial charge >= 0.3 is 0 Å². The fourth-order valence-electron chi connectivity index (χ4n) is 3.24. The number of hydrogen-bond acceptors (Lipinski definition) is 2. The molecule has 0 aromatic carbocycles. The minimum Gasteiger partial charge on any atom is -0.324 e. The van der Waals surface area contributed by atoms with Gasteiger partial charge in [-0.05, 0) is 48.8 Å². The van der Waals surface area contributed by atoms with Crippen molar-refractivity contribution in [1.29, 1.82) is 0 Å². The van der Waals surface area contributed by atoms with Crippen molar-refractivity contribution in [1.82, 2.24) is 4.98 Å². The van der Waals surface area contributed by atoms with Gasteiger partial charge < -0.3 is 5.73 Å². The fraction of sp³-hybridized carbons (Fsp3) is 0.583. The number of pyridine rings is 1. The summed E-state index contributed by atoms with van der Waals surface area (Å²) in [5, 5.41) is 0. The van der Waals surface area contributed by atoms with Crippen LogP contribution in [-0.4, -0.2) is 10.5 Å². The lowest BCUT2D eigenvalue weighted by Crippen LogP contribution is -2.31. The van der Waals surface area contributed by atoms with Gasteiger partial charge in [-0.2, -0.15) is 0 Å². The van der Waals surface area contributed by atoms with Crippen LogP contribution in [0.5, 0.6) is 0 Å². The molecule has 2 N–H and O–H groups in total. The maximum atomic E-state index is 6.41. The Bertz CT molecular complexity index is 323. The van der Waals surface area contributed by atoms with Crippen molar-refractivity contribution < 1.29 is 0 Å². The van der Waals surface area contributed by atoms with Gasteiger partial charge in [0.2, 0.25) is 0 Å². The molecule has 1 heterocycles. The first kappa shape index (κ1) is 8.42. The van der Waals surface area contributed by atoms with Gasteiger partial charge in [0.1, 0.15) is 0 Å². The summed E-state index contributed by atoms with van der Waals surface area (Å²) in [5.41, 5.74) is 7.89. The van der Waals surface area contributed by atoms with E-state index in [1.54, 1.807) is 0 Å². The SMILES string of the molecule is NC1(Cc2ccncc2)C2CCCC21. The summed E-state index contributed by atoms with van der Waals surface area (Å²) in [6, 6.07) is 4.17. The highest BCUT2D eigenvalue weighted by Crippen LogP contribution is 2.60. The maximum Gasteiger partial charge on any atom is 0.0270 e. The number of aromatic nitrogens is 1. The molecule has 2 nitrogen and oxygen atoms in total. The van der Waals surface area contributed by atoms with Crippen LogP contribution in [0.4, 0.5) is 0 Å². The largest absolute Gasteiger partial charge is 0.324 e. The van der Waals surface area contributed by atoms with E-state index in [-0.39, 0.29) is 5.54 Å². The molecule has 14 heavy (non-hydrogen) atoms. The Labute approximate surface area is 84.5 Å². The van der Waals surface area contributed by atoms with Crippen LogP contribution in [-0.2, 0) is 6.42 Å². The van der Waals surface area contributed by atoms with Crippen molar-refractivity contribution in [3.05, 3.63) is 30.1 Å². The number of fused-ring (bicyclic) bond motifs is 1. The molecule has 74 valence electrons. The molecule has 0 aliphatic heterocycles. The van der Waals surface area contributed by atoms with Crippen LogP contribution in [0.15, 0.2) is 24.5 Å². The van der Waals surface area contributed by atoms with E-state index in [2.05, 4.69) is 17.1 Å². The van der Waals surface area contributed by atoms with Crippen LogP contribution in [0.1, 0.15) is 24.8 Å². The van der Waals surface area contributed by atoms with E-state index in [1.165, 1.54) is 24.8 Å². The zero-order valence-electron chi connectivity index (χ0n) is 8.32. The van der Waals surface area contributed by atoms with E-state index in [9.17, 15) is 0 Å². The van der Waals surface area contributed by atoms with Gasteiger partial charge in [-0.25, -0.2) is 0 Å². The van der Waals surface area contributed by atoms with Crippen molar-refractivity contribution >= 4 is 0 Å². The van der Waals surface area contributed by atoms with Crippen molar-refractivity contribution in [2.75, 3.05) is 0 Å². The van der Waals surface area contributed by atoms with Gasteiger partial charge in [-0.3, -0.25) is 4.98 Å². The molecule has 2 aliphatic carbocycles. The second kappa shape index (κ2) is 2.80. The van der Waals surface area contributed by atoms with Gasteiger partial charge in [0.15, 0.2) is 0 Å². The van der Waals surface area contributed by atoms with Crippen LogP contribution in [0.25, 0.3) is 0 Å². The molecule has 0 spiro atoms. The average molecular weight is 188 g/mol. The Morgan fingerprint density at radius 1 is 1.29 bits per heavy atom. The standard InChI is InChI=1S/C12H16N2/c13-12(10-2-1-3-11(10)12)8-9-4-6-14-7-5-9/h4-7,10-11H,1-3,8,13H2. The van der Waals surface area contributed by atoms with Crippen molar-refractivity contribution in [2.24, 2.45) is 17.6 Å². The van der Waals surface area contributed by atoms with Crippen LogP contribution in [0.2, 0.25) is 0 Å². The van der Waals surface area contributed by atoms with Crippen molar-refractivity contribution in [2.45, 2.75) is 31.2 Å². The molecule has 2 fully saturated rings. The summed E-state index contributed by atoms with van der Waals surface area (Å²) >= 11 is 0. The lowest BCUT2D eigenvalue weighted by atomic mass is 9.98. The quantitative estimate of drug-likeness (QED) is 0.768. The molecule has 2 unspecified atom stereocenters. The predicted molar refractivity (Wildman–Crippen MR) is 55.7 cm³/mol. The molecule has 0 bridgehead atoms. The van der Waals surface area contributed by atoms with Crippen molar-refractivity contribution in [3.8, 4) is 0 Å². The summed E-state index contributed by atoms with van der Waals surface area (Å²) in [4.78, 5) is 4.03. The molecule has 2 aliphatic rings. The molecule has 1 aromatic heterocycles. The first-order valence-corrected chi connectivity index (χ1v) is 5.48. The normalized spacial score (nSPS) is 39.5. The minimum absolute atomic E-state index is 0.138. The zero-order valence-corrected chi connectivity index (χ0v) is 8.32. The van der Waals surface area contributed by atoms with Crippen molar-refractivity contribution in [3.63, 3.8) is 0 Å². The highest BCUT2D eigenvalue weighted by Gasteiger charge is 2.62. The molecule has 2 saturated carbocycles. The number of rotatable bonds is 2. The molecule has 0 radical (unpaired) electrons. The summed E-state index contributed by atoms with van der Waals surface area (Å²) in [6.45, 7) is 0. The van der Waals surface area contributed by atoms with Crippen LogP contribution in [0.3, 0.4) is 0 Å². The number of nitrogens with two attached hydrogens (primary N) is 1. The second-order valence-electron chi connectivity index (χ2n) is 4.79. The third-order valence-corrected chi connectivity index (χ3v) is 4.05. The fourth-order valence-corrected chi connectivity index (χ4v) is 3.24. The molecule has 0 saturated heterocycles. The average Bonchev–Trinajstić information content (AvgIpc) is 2.64. The van der Waals surface area contributed by atoms with Crippen LogP contribution >= 0.6 is 0 Å². The monoisotopic (exact) mass is 188 g/mol. The smallest absolute Gasteiger partial charge is 0.0270 e. The Morgan fingerprint density at radius 3 is 2.57 bits per heavy atom. The topological polar surface area (TPSA) is 38.9 Å². The predicted octanol–water partition coefficient (Wildman–Crippen LogP) is 1.75. The van der Waals surface area contributed by atoms with Crippen LogP contribution in [0, 0.1) is 11.8 Å². The molecular formula is C12H16N2. The van der Waals surface area contributed by atoms with E-state index < -0.39 is 0 Å². The summed E-state index contributed by atoms with van der Waals surface area (Å²) in [7, 11) is 0. The summed E-state index contributed by atoms with van der Waals surface area (Å²) < 4.78 is 0. The Kier molecular flexibility index (Phi) is 1.68. The first-order chi connectivity index (χ1) is 6.81. The maximum absolute atomic E-state index is 6.41. The number of nitrogens with zero attached hydrogens (tertiary/aromatic N) is 1. The van der Waals surface area contributed by atoms with Crippen LogP contribution < -0.4 is 5.73 Å². The molecule has 1 aromatic rings. The van der Waals surface area contributed by atoms with E-state index >= 15 is 0 Å². The summed E-state index contributed by atoms with van der Waals surface area (Å²) in [6.07, 6.45) is 8.86. The molecular weight excluding hydrogens is 172 g/mol. The Hall–Kier alpha value is -0.890.